The van der Waals surface area contributed by atoms with E-state index >= 15 is 0 Å². The van der Waals surface area contributed by atoms with Gasteiger partial charge in [-0.25, -0.2) is 0 Å². The molecular weight excluding hydrogens is 219 g/mol. The molecule has 0 bridgehead atoms. The second-order valence-electron chi connectivity index (χ2n) is 2.92. The number of rotatable bonds is 0. The maximum atomic E-state index is 11.3. The summed E-state index contributed by atoms with van der Waals surface area (Å²) in [6.45, 7) is 0. The van der Waals surface area contributed by atoms with Crippen molar-refractivity contribution in [2.24, 2.45) is 0 Å². The molecule has 2 heterocycles. The molecule has 2 atom stereocenters. The van der Waals surface area contributed by atoms with E-state index in [1.807, 2.05) is 24.3 Å². The summed E-state index contributed by atoms with van der Waals surface area (Å²) >= 11 is 0.502. The summed E-state index contributed by atoms with van der Waals surface area (Å²) in [4.78, 5) is 11.9. The van der Waals surface area contributed by atoms with E-state index in [1.54, 1.807) is 0 Å². The predicted octanol–water partition coefficient (Wildman–Crippen LogP) is 0.942. The molecule has 0 radical (unpaired) electrons. The van der Waals surface area contributed by atoms with Crippen molar-refractivity contribution >= 4 is 20.9 Å². The van der Waals surface area contributed by atoms with Crippen LogP contribution in [0, 0.1) is 0 Å². The monoisotopic (exact) mass is 226 g/mol. The van der Waals surface area contributed by atoms with Crippen LogP contribution in [0.1, 0.15) is 20.7 Å². The van der Waals surface area contributed by atoms with Gasteiger partial charge in [-0.2, -0.15) is 0 Å². The molecular formula is C9H6O2Se. The first-order valence-electron chi connectivity index (χ1n) is 3.81. The van der Waals surface area contributed by atoms with Gasteiger partial charge in [0.1, 0.15) is 0 Å². The number of carbonyl (C=O) groups excluding carboxylic acids is 1. The third kappa shape index (κ3) is 0.780. The van der Waals surface area contributed by atoms with Gasteiger partial charge in [0.2, 0.25) is 0 Å². The Bertz CT molecular complexity index is 361. The quantitative estimate of drug-likeness (QED) is 0.485. The Labute approximate surface area is 76.1 Å². The third-order valence-electron chi connectivity index (χ3n) is 2.16. The van der Waals surface area contributed by atoms with E-state index in [0.29, 0.717) is 19.8 Å². The third-order valence-corrected chi connectivity index (χ3v) is 4.50. The van der Waals surface area contributed by atoms with Crippen molar-refractivity contribution < 1.29 is 9.53 Å². The first-order valence-corrected chi connectivity index (χ1v) is 5.79. The van der Waals surface area contributed by atoms with Crippen molar-refractivity contribution in [3.8, 4) is 0 Å². The first kappa shape index (κ1) is 6.70. The zero-order valence-corrected chi connectivity index (χ0v) is 7.90. The van der Waals surface area contributed by atoms with Crippen LogP contribution < -0.4 is 0 Å². The Balaban J connectivity index is 2.21. The maximum absolute atomic E-state index is 11.3. The molecule has 0 saturated carbocycles. The van der Waals surface area contributed by atoms with Gasteiger partial charge in [0.15, 0.2) is 0 Å². The number of benzene rings is 1. The van der Waals surface area contributed by atoms with E-state index in [4.69, 9.17) is 4.74 Å². The minimum atomic E-state index is -0.133. The van der Waals surface area contributed by atoms with Gasteiger partial charge in [0.25, 0.3) is 0 Å². The predicted molar refractivity (Wildman–Crippen MR) is 44.1 cm³/mol. The van der Waals surface area contributed by atoms with Crippen molar-refractivity contribution in [1.82, 2.24) is 0 Å². The second kappa shape index (κ2) is 2.12. The summed E-state index contributed by atoms with van der Waals surface area (Å²) in [6.07, 6.45) is 0. The van der Waals surface area contributed by atoms with Crippen LogP contribution in [0.4, 0.5) is 0 Å². The second-order valence-corrected chi connectivity index (χ2v) is 5.53. The molecule has 0 spiro atoms. The van der Waals surface area contributed by atoms with E-state index in [2.05, 4.69) is 0 Å². The van der Waals surface area contributed by atoms with Crippen LogP contribution >= 0.6 is 0 Å². The van der Waals surface area contributed by atoms with Crippen molar-refractivity contribution in [1.29, 1.82) is 0 Å². The van der Waals surface area contributed by atoms with Crippen LogP contribution in [-0.4, -0.2) is 25.9 Å². The Morgan fingerprint density at radius 1 is 1.33 bits per heavy atom. The summed E-state index contributed by atoms with van der Waals surface area (Å²) in [5.41, 5.74) is 1.98. The molecule has 0 N–H and O–H groups in total. The molecule has 3 heteroatoms. The first-order chi connectivity index (χ1) is 5.86. The fourth-order valence-electron chi connectivity index (χ4n) is 1.51. The molecule has 1 aromatic rings. The molecule has 60 valence electrons. The Morgan fingerprint density at radius 2 is 2.17 bits per heavy atom. The standard InChI is InChI=1S/C9H6O2Se/c10-8-6-4-2-1-3-5(6)7-9(11-8)12-7/h1-4,7,9H. The van der Waals surface area contributed by atoms with Gasteiger partial charge in [-0.3, -0.25) is 0 Å². The van der Waals surface area contributed by atoms with Crippen molar-refractivity contribution in [3.05, 3.63) is 35.4 Å². The van der Waals surface area contributed by atoms with Crippen LogP contribution in [-0.2, 0) is 4.74 Å². The molecule has 2 aliphatic rings. The van der Waals surface area contributed by atoms with E-state index < -0.39 is 0 Å². The fourth-order valence-corrected chi connectivity index (χ4v) is 3.39. The normalized spacial score (nSPS) is 30.2. The molecule has 0 aliphatic carbocycles. The Kier molecular flexibility index (Phi) is 1.18. The fraction of sp³-hybridized carbons (Fsp3) is 0.222. The molecule has 0 amide bonds. The summed E-state index contributed by atoms with van der Waals surface area (Å²) in [7, 11) is 0. The summed E-state index contributed by atoms with van der Waals surface area (Å²) in [6, 6.07) is 7.77. The van der Waals surface area contributed by atoms with Crippen LogP contribution in [0.25, 0.3) is 0 Å². The van der Waals surface area contributed by atoms with E-state index in [1.165, 1.54) is 5.56 Å². The average molecular weight is 225 g/mol. The summed E-state index contributed by atoms with van der Waals surface area (Å²) in [5.74, 6) is -0.133. The molecule has 12 heavy (non-hydrogen) atoms. The van der Waals surface area contributed by atoms with E-state index in [9.17, 15) is 4.79 Å². The average Bonchev–Trinajstić information content (AvgIpc) is 2.84. The Morgan fingerprint density at radius 3 is 3.08 bits per heavy atom. The van der Waals surface area contributed by atoms with Gasteiger partial charge in [-0.05, 0) is 0 Å². The molecule has 3 rings (SSSR count). The zero-order valence-electron chi connectivity index (χ0n) is 6.19. The number of esters is 1. The van der Waals surface area contributed by atoms with E-state index in [0.717, 1.165) is 5.56 Å². The minimum absolute atomic E-state index is 0.133. The van der Waals surface area contributed by atoms with Crippen molar-refractivity contribution in [3.63, 3.8) is 0 Å². The summed E-state index contributed by atoms with van der Waals surface area (Å²) in [5, 5.41) is 0.250. The molecule has 2 nitrogen and oxygen atoms in total. The molecule has 2 unspecified atom stereocenters. The molecule has 0 aromatic heterocycles. The molecule has 1 saturated heterocycles. The zero-order chi connectivity index (χ0) is 8.13. The number of hydrogen-bond acceptors (Lipinski definition) is 2. The number of hydrogen-bond donors (Lipinski definition) is 0. The number of ether oxygens (including phenoxy) is 1. The Hall–Kier alpha value is -0.791. The van der Waals surface area contributed by atoms with Gasteiger partial charge >= 0.3 is 75.7 Å². The van der Waals surface area contributed by atoms with Gasteiger partial charge in [0, 0.05) is 0 Å². The molecule has 2 aliphatic heterocycles. The summed E-state index contributed by atoms with van der Waals surface area (Å²) < 4.78 is 5.18. The topological polar surface area (TPSA) is 26.3 Å². The molecule has 1 fully saturated rings. The number of carbonyl (C=O) groups is 1. The van der Waals surface area contributed by atoms with Gasteiger partial charge < -0.3 is 0 Å². The van der Waals surface area contributed by atoms with Crippen molar-refractivity contribution in [2.45, 2.75) is 9.82 Å². The van der Waals surface area contributed by atoms with Crippen LogP contribution in [0.3, 0.4) is 0 Å². The van der Waals surface area contributed by atoms with Crippen LogP contribution in [0.15, 0.2) is 24.3 Å². The van der Waals surface area contributed by atoms with Crippen molar-refractivity contribution in [2.75, 3.05) is 0 Å². The van der Waals surface area contributed by atoms with Gasteiger partial charge in [-0.1, -0.05) is 0 Å². The van der Waals surface area contributed by atoms with Crippen LogP contribution in [0.5, 0.6) is 0 Å². The number of fused-ring (bicyclic) bond motifs is 3. The van der Waals surface area contributed by atoms with E-state index in [-0.39, 0.29) is 11.0 Å². The molecule has 1 aromatic carbocycles. The van der Waals surface area contributed by atoms with Crippen LogP contribution in [0.2, 0.25) is 0 Å². The van der Waals surface area contributed by atoms with Gasteiger partial charge in [0.05, 0.1) is 0 Å². The van der Waals surface area contributed by atoms with Gasteiger partial charge in [-0.15, -0.1) is 0 Å². The SMILES string of the molecule is O=C1OC2[Se]C2c2ccccc21.